The number of phosphoric ester groups is 2. The van der Waals surface area contributed by atoms with Crippen LogP contribution in [0.3, 0.4) is 0 Å². The largest absolute Gasteiger partial charge is 0.472 e. The molecule has 86 heavy (non-hydrogen) atoms. The fourth-order valence-electron chi connectivity index (χ4n) is 9.89. The lowest BCUT2D eigenvalue weighted by molar-refractivity contribution is -0.161. The van der Waals surface area contributed by atoms with Gasteiger partial charge in [-0.15, -0.1) is 0 Å². The minimum atomic E-state index is -4.95. The van der Waals surface area contributed by atoms with Crippen molar-refractivity contribution in [3.63, 3.8) is 0 Å². The Bertz CT molecular complexity index is 1720. The fourth-order valence-corrected chi connectivity index (χ4v) is 11.5. The normalized spacial score (nSPS) is 15.0. The number of aliphatic hydroxyl groups excluding tert-OH is 1. The van der Waals surface area contributed by atoms with Gasteiger partial charge in [-0.2, -0.15) is 0 Å². The molecule has 17 nitrogen and oxygen atoms in total. The molecule has 0 heterocycles. The zero-order valence-electron chi connectivity index (χ0n) is 55.9. The topological polar surface area (TPSA) is 237 Å². The smallest absolute Gasteiger partial charge is 0.462 e. The number of unbranched alkanes of at least 4 members (excludes halogenated alkanes) is 28. The third-order valence-electron chi connectivity index (χ3n) is 16.0. The molecule has 7 atom stereocenters. The number of hydrogen-bond donors (Lipinski definition) is 3. The maximum absolute atomic E-state index is 13.0. The average Bonchev–Trinajstić information content (AvgIpc) is 3.56. The van der Waals surface area contributed by atoms with Gasteiger partial charge in [0.1, 0.15) is 19.3 Å². The van der Waals surface area contributed by atoms with Gasteiger partial charge in [0.25, 0.3) is 0 Å². The van der Waals surface area contributed by atoms with Crippen LogP contribution >= 0.6 is 15.6 Å². The van der Waals surface area contributed by atoms with Crippen LogP contribution in [-0.4, -0.2) is 96.7 Å². The van der Waals surface area contributed by atoms with Gasteiger partial charge in [-0.1, -0.05) is 274 Å². The molecule has 0 aliphatic carbocycles. The predicted octanol–water partition coefficient (Wildman–Crippen LogP) is 18.5. The quantitative estimate of drug-likeness (QED) is 0.0222. The molecule has 0 fully saturated rings. The molecule has 4 unspecified atom stereocenters. The van der Waals surface area contributed by atoms with Gasteiger partial charge in [0.15, 0.2) is 12.2 Å². The summed E-state index contributed by atoms with van der Waals surface area (Å²) >= 11 is 0. The van der Waals surface area contributed by atoms with E-state index in [9.17, 15) is 43.2 Å². The van der Waals surface area contributed by atoms with Crippen molar-refractivity contribution in [3.05, 3.63) is 0 Å². The summed E-state index contributed by atoms with van der Waals surface area (Å²) in [4.78, 5) is 72.3. The Hall–Kier alpha value is -1.94. The van der Waals surface area contributed by atoms with Gasteiger partial charge >= 0.3 is 39.5 Å². The fraction of sp³-hybridized carbons (Fsp3) is 0.940. The SMILES string of the molecule is CCC(C)CCCCCCCCC(=O)O[C@H](COC(=O)CCCCCCCCCCCCCCCCC(C)C)COP(=O)(O)OC[C@@H](O)COP(=O)(O)OC[C@@H](COC(=O)CCCCCCCCC(C)C)OC(=O)CCCCCCCCC(C)CC. The van der Waals surface area contributed by atoms with E-state index >= 15 is 0 Å². The van der Waals surface area contributed by atoms with E-state index in [0.29, 0.717) is 31.6 Å². The highest BCUT2D eigenvalue weighted by Crippen LogP contribution is 2.45. The summed E-state index contributed by atoms with van der Waals surface area (Å²) in [6.45, 7) is 14.0. The van der Waals surface area contributed by atoms with Crippen LogP contribution in [0.1, 0.15) is 325 Å². The molecule has 0 aromatic carbocycles. The first-order valence-corrected chi connectivity index (χ1v) is 37.8. The summed E-state index contributed by atoms with van der Waals surface area (Å²) in [7, 11) is -9.89. The molecule has 0 aromatic rings. The Morgan fingerprint density at radius 1 is 0.326 bits per heavy atom. The van der Waals surface area contributed by atoms with Crippen molar-refractivity contribution in [1.29, 1.82) is 0 Å². The summed E-state index contributed by atoms with van der Waals surface area (Å²) in [6, 6.07) is 0. The van der Waals surface area contributed by atoms with Crippen LogP contribution in [0.25, 0.3) is 0 Å². The molecule has 0 saturated heterocycles. The molecule has 0 aromatic heterocycles. The number of ether oxygens (including phenoxy) is 4. The van der Waals surface area contributed by atoms with Crippen LogP contribution in [0.5, 0.6) is 0 Å². The van der Waals surface area contributed by atoms with Gasteiger partial charge in [-0.25, -0.2) is 9.13 Å². The van der Waals surface area contributed by atoms with E-state index in [2.05, 4.69) is 55.4 Å². The van der Waals surface area contributed by atoms with Crippen molar-refractivity contribution in [2.45, 2.75) is 343 Å². The first-order chi connectivity index (χ1) is 41.2. The minimum absolute atomic E-state index is 0.101. The summed E-state index contributed by atoms with van der Waals surface area (Å²) in [5.41, 5.74) is 0. The Morgan fingerprint density at radius 3 is 0.826 bits per heavy atom. The number of rotatable bonds is 64. The molecule has 0 bridgehead atoms. The number of carbonyl (C=O) groups excluding carboxylic acids is 4. The molecule has 0 amide bonds. The van der Waals surface area contributed by atoms with Gasteiger partial charge in [-0.05, 0) is 49.4 Å². The molecule has 0 spiro atoms. The molecular formula is C67H130O17P2. The van der Waals surface area contributed by atoms with Crippen LogP contribution in [0, 0.1) is 23.7 Å². The number of carbonyl (C=O) groups is 4. The monoisotopic (exact) mass is 1270 g/mol. The lowest BCUT2D eigenvalue weighted by Gasteiger charge is -2.21. The van der Waals surface area contributed by atoms with Gasteiger partial charge in [-0.3, -0.25) is 37.3 Å². The van der Waals surface area contributed by atoms with Gasteiger partial charge in [0.05, 0.1) is 26.4 Å². The van der Waals surface area contributed by atoms with E-state index in [1.54, 1.807) is 0 Å². The highest BCUT2D eigenvalue weighted by Gasteiger charge is 2.30. The molecular weight excluding hydrogens is 1140 g/mol. The second-order valence-electron chi connectivity index (χ2n) is 25.6. The van der Waals surface area contributed by atoms with Crippen LogP contribution in [-0.2, 0) is 65.4 Å². The Labute approximate surface area is 524 Å². The Morgan fingerprint density at radius 2 is 0.558 bits per heavy atom. The van der Waals surface area contributed by atoms with Crippen molar-refractivity contribution in [3.8, 4) is 0 Å². The zero-order valence-corrected chi connectivity index (χ0v) is 57.7. The highest BCUT2D eigenvalue weighted by molar-refractivity contribution is 7.47. The molecule has 3 N–H and O–H groups in total. The van der Waals surface area contributed by atoms with Crippen molar-refractivity contribution in [2.24, 2.45) is 23.7 Å². The highest BCUT2D eigenvalue weighted by atomic mass is 31.2. The first kappa shape index (κ1) is 84.1. The van der Waals surface area contributed by atoms with Crippen LogP contribution in [0.2, 0.25) is 0 Å². The van der Waals surface area contributed by atoms with Crippen LogP contribution in [0.15, 0.2) is 0 Å². The maximum atomic E-state index is 13.0. The van der Waals surface area contributed by atoms with Crippen molar-refractivity contribution >= 4 is 39.5 Å². The Balaban J connectivity index is 5.20. The van der Waals surface area contributed by atoms with Gasteiger partial charge in [0, 0.05) is 25.7 Å². The number of hydrogen-bond acceptors (Lipinski definition) is 15. The van der Waals surface area contributed by atoms with E-state index in [0.717, 1.165) is 114 Å². The molecule has 19 heteroatoms. The van der Waals surface area contributed by atoms with E-state index in [1.807, 2.05) is 0 Å². The second kappa shape index (κ2) is 57.0. The van der Waals surface area contributed by atoms with E-state index in [1.165, 1.54) is 122 Å². The average molecular weight is 1270 g/mol. The summed E-state index contributed by atoms with van der Waals surface area (Å²) < 4.78 is 68.1. The molecule has 0 saturated carbocycles. The standard InChI is InChI=1S/C67H130O17P2/c1-9-59(7)45-37-29-22-25-33-41-49-66(71)83-62(53-77-64(69)47-39-31-20-18-16-14-12-11-13-15-17-19-27-35-43-57(3)4)55-81-85(73,74)79-51-61(68)52-80-86(75,76)82-56-63(54-78-65(70)48-40-32-24-21-28-36-44-58(5)6)84-67(72)50-42-34-26-23-30-38-46-60(8)10-2/h57-63,68H,9-56H2,1-8H3,(H,73,74)(H,75,76)/t59?,60?,61-,62-,63-/m1/s1. The summed E-state index contributed by atoms with van der Waals surface area (Å²) in [6.07, 6.45) is 37.9. The number of aliphatic hydroxyl groups is 1. The lowest BCUT2D eigenvalue weighted by Crippen LogP contribution is -2.30. The number of esters is 4. The number of phosphoric acid groups is 2. The molecule has 0 radical (unpaired) electrons. The molecule has 0 aliphatic rings. The predicted molar refractivity (Wildman–Crippen MR) is 344 cm³/mol. The van der Waals surface area contributed by atoms with E-state index in [-0.39, 0.29) is 25.7 Å². The van der Waals surface area contributed by atoms with Crippen LogP contribution < -0.4 is 0 Å². The molecule has 0 aliphatic heterocycles. The van der Waals surface area contributed by atoms with Crippen molar-refractivity contribution < 1.29 is 80.2 Å². The first-order valence-electron chi connectivity index (χ1n) is 34.8. The second-order valence-corrected chi connectivity index (χ2v) is 28.6. The van der Waals surface area contributed by atoms with E-state index < -0.39 is 97.5 Å². The lowest BCUT2D eigenvalue weighted by atomic mass is 10.00. The summed E-state index contributed by atoms with van der Waals surface area (Å²) in [5, 5.41) is 10.5. The van der Waals surface area contributed by atoms with Crippen molar-refractivity contribution in [2.75, 3.05) is 39.6 Å². The van der Waals surface area contributed by atoms with Crippen molar-refractivity contribution in [1.82, 2.24) is 0 Å². The molecule has 510 valence electrons. The summed E-state index contributed by atoms with van der Waals surface area (Å²) in [5.74, 6) is 0.778. The van der Waals surface area contributed by atoms with Crippen LogP contribution in [0.4, 0.5) is 0 Å². The van der Waals surface area contributed by atoms with Gasteiger partial charge in [0.2, 0.25) is 0 Å². The van der Waals surface area contributed by atoms with Gasteiger partial charge < -0.3 is 33.8 Å². The Kier molecular flexibility index (Phi) is 55.7. The maximum Gasteiger partial charge on any atom is 0.472 e. The minimum Gasteiger partial charge on any atom is -0.462 e. The van der Waals surface area contributed by atoms with E-state index in [4.69, 9.17) is 37.0 Å². The third kappa shape index (κ3) is 58.4. The third-order valence-corrected chi connectivity index (χ3v) is 17.9. The molecule has 0 rings (SSSR count). The zero-order chi connectivity index (χ0) is 63.9.